The lowest BCUT2D eigenvalue weighted by Crippen LogP contribution is -2.14. The molecule has 1 aromatic carbocycles. The molecular formula is C14H16N4S2. The summed E-state index contributed by atoms with van der Waals surface area (Å²) in [6.45, 7) is 4.01. The van der Waals surface area contributed by atoms with Crippen molar-refractivity contribution in [1.82, 2.24) is 9.97 Å². The van der Waals surface area contributed by atoms with Crippen LogP contribution < -0.4 is 5.73 Å². The van der Waals surface area contributed by atoms with E-state index < -0.39 is 0 Å². The molecular weight excluding hydrogens is 288 g/mol. The van der Waals surface area contributed by atoms with E-state index in [9.17, 15) is 0 Å². The fourth-order valence-corrected chi connectivity index (χ4v) is 3.59. The number of nitrogens with two attached hydrogens (primary N) is 1. The molecule has 1 aromatic heterocycles. The van der Waals surface area contributed by atoms with Gasteiger partial charge in [0.1, 0.15) is 5.84 Å². The number of rotatable bonds is 5. The number of nitrogens with zero attached hydrogens (tertiary/aromatic N) is 2. The molecule has 0 aliphatic rings. The Balaban J connectivity index is 2.40. The number of hydrogen-bond acceptors (Lipinski definition) is 5. The van der Waals surface area contributed by atoms with E-state index in [2.05, 4.69) is 16.9 Å². The van der Waals surface area contributed by atoms with Crippen molar-refractivity contribution in [2.24, 2.45) is 5.73 Å². The molecule has 0 saturated carbocycles. The van der Waals surface area contributed by atoms with Crippen LogP contribution in [0.25, 0.3) is 0 Å². The standard InChI is InChI=1S/C14H16N4S2/c1-3-19-10-5-4-6-11(12(10)13(15)16)20-14-17-8-7-9(2)18-14/h4-8H,3H2,1-2H3,(H3,15,16). The lowest BCUT2D eigenvalue weighted by molar-refractivity contribution is 0.931. The van der Waals surface area contributed by atoms with E-state index in [0.29, 0.717) is 5.16 Å². The van der Waals surface area contributed by atoms with Gasteiger partial charge >= 0.3 is 0 Å². The molecule has 0 aliphatic heterocycles. The summed E-state index contributed by atoms with van der Waals surface area (Å²) in [7, 11) is 0. The molecule has 104 valence electrons. The van der Waals surface area contributed by atoms with Crippen molar-refractivity contribution in [2.75, 3.05) is 5.75 Å². The molecule has 2 rings (SSSR count). The first-order chi connectivity index (χ1) is 9.61. The van der Waals surface area contributed by atoms with E-state index in [1.54, 1.807) is 18.0 Å². The molecule has 4 nitrogen and oxygen atoms in total. The van der Waals surface area contributed by atoms with Gasteiger partial charge in [-0.1, -0.05) is 13.0 Å². The van der Waals surface area contributed by atoms with Gasteiger partial charge in [0.25, 0.3) is 0 Å². The van der Waals surface area contributed by atoms with E-state index in [4.69, 9.17) is 11.1 Å². The van der Waals surface area contributed by atoms with Gasteiger partial charge in [0.15, 0.2) is 5.16 Å². The minimum Gasteiger partial charge on any atom is -0.384 e. The predicted octanol–water partition coefficient (Wildman–Crippen LogP) is 3.33. The summed E-state index contributed by atoms with van der Waals surface area (Å²) >= 11 is 3.12. The summed E-state index contributed by atoms with van der Waals surface area (Å²) in [5.74, 6) is 1.02. The van der Waals surface area contributed by atoms with E-state index in [0.717, 1.165) is 26.8 Å². The van der Waals surface area contributed by atoms with Crippen LogP contribution in [0.1, 0.15) is 18.2 Å². The highest BCUT2D eigenvalue weighted by Crippen LogP contribution is 2.33. The summed E-state index contributed by atoms with van der Waals surface area (Å²) < 4.78 is 0. The first-order valence-electron chi connectivity index (χ1n) is 6.19. The highest BCUT2D eigenvalue weighted by Gasteiger charge is 2.13. The second-order valence-electron chi connectivity index (χ2n) is 4.06. The lowest BCUT2D eigenvalue weighted by atomic mass is 10.2. The zero-order valence-corrected chi connectivity index (χ0v) is 13.0. The van der Waals surface area contributed by atoms with Gasteiger partial charge in [-0.2, -0.15) is 0 Å². The van der Waals surface area contributed by atoms with E-state index >= 15 is 0 Å². The van der Waals surface area contributed by atoms with Gasteiger partial charge in [0, 0.05) is 27.2 Å². The normalized spacial score (nSPS) is 10.5. The van der Waals surface area contributed by atoms with Crippen LogP contribution in [0.15, 0.2) is 45.4 Å². The highest BCUT2D eigenvalue weighted by atomic mass is 32.2. The summed E-state index contributed by atoms with van der Waals surface area (Å²) in [5.41, 5.74) is 7.44. The van der Waals surface area contributed by atoms with Gasteiger partial charge < -0.3 is 5.73 Å². The van der Waals surface area contributed by atoms with Crippen LogP contribution in [-0.2, 0) is 0 Å². The Bertz CT molecular complexity index is 628. The summed E-state index contributed by atoms with van der Waals surface area (Å²) in [4.78, 5) is 10.6. The number of nitrogens with one attached hydrogen (secondary N) is 1. The molecule has 20 heavy (non-hydrogen) atoms. The Kier molecular flexibility index (Phi) is 5.03. The SMILES string of the molecule is CCSc1cccc(Sc2nccc(C)n2)c1C(=N)N. The van der Waals surface area contributed by atoms with Crippen LogP contribution in [0, 0.1) is 12.3 Å². The zero-order valence-electron chi connectivity index (χ0n) is 11.4. The minimum atomic E-state index is 0.0803. The Morgan fingerprint density at radius 3 is 2.70 bits per heavy atom. The topological polar surface area (TPSA) is 75.7 Å². The molecule has 2 aromatic rings. The third kappa shape index (κ3) is 3.52. The molecule has 0 saturated heterocycles. The monoisotopic (exact) mass is 304 g/mol. The second-order valence-corrected chi connectivity index (χ2v) is 6.37. The Morgan fingerprint density at radius 2 is 2.05 bits per heavy atom. The van der Waals surface area contributed by atoms with Gasteiger partial charge in [0.2, 0.25) is 0 Å². The van der Waals surface area contributed by atoms with Crippen LogP contribution in [0.4, 0.5) is 0 Å². The van der Waals surface area contributed by atoms with Crippen LogP contribution in [0.2, 0.25) is 0 Å². The Labute approximate surface area is 127 Å². The van der Waals surface area contributed by atoms with Crippen molar-refractivity contribution >= 4 is 29.4 Å². The minimum absolute atomic E-state index is 0.0803. The molecule has 0 amide bonds. The predicted molar refractivity (Wildman–Crippen MR) is 84.7 cm³/mol. The number of aryl methyl sites for hydroxylation is 1. The molecule has 0 spiro atoms. The molecule has 0 atom stereocenters. The Hall–Kier alpha value is -1.53. The summed E-state index contributed by atoms with van der Waals surface area (Å²) in [5, 5.41) is 8.49. The fourth-order valence-electron chi connectivity index (χ4n) is 1.71. The first kappa shape index (κ1) is 14.9. The molecule has 1 heterocycles. The second kappa shape index (κ2) is 6.76. The van der Waals surface area contributed by atoms with Crippen molar-refractivity contribution < 1.29 is 0 Å². The maximum atomic E-state index is 7.81. The van der Waals surface area contributed by atoms with Crippen LogP contribution in [0.5, 0.6) is 0 Å². The summed E-state index contributed by atoms with van der Waals surface area (Å²) in [6.07, 6.45) is 1.74. The number of nitrogen functional groups attached to an aromatic ring is 1. The molecule has 0 aliphatic carbocycles. The summed E-state index contributed by atoms with van der Waals surface area (Å²) in [6, 6.07) is 7.78. The number of amidine groups is 1. The quantitative estimate of drug-likeness (QED) is 0.383. The average Bonchev–Trinajstić information content (AvgIpc) is 2.39. The Morgan fingerprint density at radius 1 is 1.30 bits per heavy atom. The van der Waals surface area contributed by atoms with Gasteiger partial charge in [0.05, 0.1) is 0 Å². The highest BCUT2D eigenvalue weighted by molar-refractivity contribution is 8.00. The van der Waals surface area contributed by atoms with Crippen molar-refractivity contribution in [3.05, 3.63) is 41.7 Å². The fraction of sp³-hybridized carbons (Fsp3) is 0.214. The van der Waals surface area contributed by atoms with Crippen molar-refractivity contribution in [2.45, 2.75) is 28.8 Å². The number of aromatic nitrogens is 2. The number of thioether (sulfide) groups is 1. The van der Waals surface area contributed by atoms with Gasteiger partial charge in [-0.15, -0.1) is 11.8 Å². The maximum absolute atomic E-state index is 7.81. The van der Waals surface area contributed by atoms with Crippen LogP contribution in [-0.4, -0.2) is 21.6 Å². The van der Waals surface area contributed by atoms with Crippen LogP contribution in [0.3, 0.4) is 0 Å². The molecule has 6 heteroatoms. The maximum Gasteiger partial charge on any atom is 0.192 e. The van der Waals surface area contributed by atoms with Gasteiger partial charge in [-0.25, -0.2) is 9.97 Å². The molecule has 0 unspecified atom stereocenters. The average molecular weight is 304 g/mol. The van der Waals surface area contributed by atoms with Gasteiger partial charge in [-0.05, 0) is 42.6 Å². The third-order valence-electron chi connectivity index (χ3n) is 2.53. The lowest BCUT2D eigenvalue weighted by Gasteiger charge is -2.11. The number of hydrogen-bond donors (Lipinski definition) is 2. The van der Waals surface area contributed by atoms with E-state index in [1.165, 1.54) is 11.8 Å². The molecule has 0 radical (unpaired) electrons. The van der Waals surface area contributed by atoms with Crippen molar-refractivity contribution in [3.63, 3.8) is 0 Å². The molecule has 0 fully saturated rings. The zero-order chi connectivity index (χ0) is 14.5. The van der Waals surface area contributed by atoms with E-state index in [-0.39, 0.29) is 5.84 Å². The van der Waals surface area contributed by atoms with Crippen LogP contribution >= 0.6 is 23.5 Å². The van der Waals surface area contributed by atoms with Gasteiger partial charge in [-0.3, -0.25) is 5.41 Å². The molecule has 0 bridgehead atoms. The third-order valence-corrected chi connectivity index (χ3v) is 4.41. The number of benzene rings is 1. The molecule has 3 N–H and O–H groups in total. The largest absolute Gasteiger partial charge is 0.384 e. The van der Waals surface area contributed by atoms with Crippen molar-refractivity contribution in [1.29, 1.82) is 5.41 Å². The first-order valence-corrected chi connectivity index (χ1v) is 7.99. The smallest absolute Gasteiger partial charge is 0.192 e. The van der Waals surface area contributed by atoms with Crippen molar-refractivity contribution in [3.8, 4) is 0 Å². The van der Waals surface area contributed by atoms with E-state index in [1.807, 2.05) is 31.2 Å².